The first kappa shape index (κ1) is 13.8. The van der Waals surface area contributed by atoms with Gasteiger partial charge in [-0.3, -0.25) is 0 Å². The van der Waals surface area contributed by atoms with E-state index in [1.165, 1.54) is 12.8 Å². The molecule has 0 heterocycles. The van der Waals surface area contributed by atoms with Gasteiger partial charge in [-0.25, -0.2) is 0 Å². The highest BCUT2D eigenvalue weighted by atomic mass is 32.2. The lowest BCUT2D eigenvalue weighted by Gasteiger charge is -2.03. The number of hydrogen-bond donors (Lipinski definition) is 2. The topological polar surface area (TPSA) is 32.3 Å². The molecule has 0 spiro atoms. The summed E-state index contributed by atoms with van der Waals surface area (Å²) in [5.41, 5.74) is 0. The Bertz CT molecular complexity index is 145. The number of rotatable bonds is 10. The summed E-state index contributed by atoms with van der Waals surface area (Å²) >= 11 is 1.79. The second-order valence-electron chi connectivity index (χ2n) is 3.14. The number of unbranched alkanes of at least 4 members (excludes halogenated alkanes) is 3. The molecule has 0 unspecified atom stereocenters. The average Bonchev–Trinajstić information content (AvgIpc) is 2.21. The largest absolute Gasteiger partial charge is 0.396 e. The van der Waals surface area contributed by atoms with Crippen molar-refractivity contribution in [2.75, 3.05) is 31.2 Å². The van der Waals surface area contributed by atoms with Crippen LogP contribution in [0.25, 0.3) is 0 Å². The van der Waals surface area contributed by atoms with Crippen molar-refractivity contribution in [2.45, 2.75) is 25.7 Å². The van der Waals surface area contributed by atoms with E-state index in [0.29, 0.717) is 6.61 Å². The molecule has 0 atom stereocenters. The van der Waals surface area contributed by atoms with E-state index in [2.05, 4.69) is 11.2 Å². The number of aliphatic hydroxyl groups excluding tert-OH is 1. The van der Waals surface area contributed by atoms with Crippen molar-refractivity contribution in [3.63, 3.8) is 0 Å². The maximum absolute atomic E-state index is 8.55. The lowest BCUT2D eigenvalue weighted by molar-refractivity contribution is 0.282. The Morgan fingerprint density at radius 1 is 1.14 bits per heavy atom. The minimum atomic E-state index is 0.330. The van der Waals surface area contributed by atoms with Gasteiger partial charge in [-0.15, -0.1) is 18.2 Å². The molecule has 0 aliphatic rings. The summed E-state index contributed by atoms with van der Waals surface area (Å²) in [7, 11) is 0. The van der Waals surface area contributed by atoms with Gasteiger partial charge in [0, 0.05) is 18.9 Å². The SMILES string of the molecule is C#CCSCCNCCCCCCO. The molecule has 14 heavy (non-hydrogen) atoms. The lowest BCUT2D eigenvalue weighted by atomic mass is 10.2. The van der Waals surface area contributed by atoms with Crippen molar-refractivity contribution in [1.29, 1.82) is 0 Å². The number of hydrogen-bond acceptors (Lipinski definition) is 3. The molecule has 0 aliphatic heterocycles. The van der Waals surface area contributed by atoms with Gasteiger partial charge in [0.2, 0.25) is 0 Å². The Labute approximate surface area is 91.9 Å². The molecule has 0 saturated carbocycles. The van der Waals surface area contributed by atoms with Gasteiger partial charge in [0.1, 0.15) is 0 Å². The standard InChI is InChI=1S/C11H21NOS/c1-2-10-14-11-8-12-7-5-3-4-6-9-13/h1,12-13H,3-11H2. The van der Waals surface area contributed by atoms with Gasteiger partial charge in [0.05, 0.1) is 5.75 Å². The van der Waals surface area contributed by atoms with Gasteiger partial charge < -0.3 is 10.4 Å². The number of nitrogens with one attached hydrogen (secondary N) is 1. The van der Waals surface area contributed by atoms with Gasteiger partial charge in [-0.1, -0.05) is 18.8 Å². The van der Waals surface area contributed by atoms with Gasteiger partial charge in [-0.2, -0.15) is 0 Å². The third-order valence-electron chi connectivity index (χ3n) is 1.87. The molecule has 0 bridgehead atoms. The Balaban J connectivity index is 2.82. The molecule has 0 aromatic carbocycles. The zero-order chi connectivity index (χ0) is 10.5. The van der Waals surface area contributed by atoms with Crippen LogP contribution in [0, 0.1) is 12.3 Å². The van der Waals surface area contributed by atoms with Crippen molar-refractivity contribution in [1.82, 2.24) is 5.32 Å². The third kappa shape index (κ3) is 11.8. The van der Waals surface area contributed by atoms with Crippen molar-refractivity contribution >= 4 is 11.8 Å². The van der Waals surface area contributed by atoms with Crippen LogP contribution in [0.15, 0.2) is 0 Å². The molecule has 0 aliphatic carbocycles. The highest BCUT2D eigenvalue weighted by Crippen LogP contribution is 1.98. The van der Waals surface area contributed by atoms with Crippen LogP contribution >= 0.6 is 11.8 Å². The first-order valence-electron chi connectivity index (χ1n) is 5.24. The van der Waals surface area contributed by atoms with E-state index in [9.17, 15) is 0 Å². The summed E-state index contributed by atoms with van der Waals surface area (Å²) in [6, 6.07) is 0. The highest BCUT2D eigenvalue weighted by Gasteiger charge is 1.90. The van der Waals surface area contributed by atoms with Crippen molar-refractivity contribution < 1.29 is 5.11 Å². The van der Waals surface area contributed by atoms with Crippen LogP contribution in [0.3, 0.4) is 0 Å². The maximum Gasteiger partial charge on any atom is 0.0545 e. The Morgan fingerprint density at radius 3 is 2.64 bits per heavy atom. The van der Waals surface area contributed by atoms with E-state index in [1.54, 1.807) is 11.8 Å². The predicted octanol–water partition coefficient (Wildman–Crippen LogP) is 1.50. The second kappa shape index (κ2) is 12.8. The molecule has 0 rings (SSSR count). The average molecular weight is 215 g/mol. The molecule has 82 valence electrons. The van der Waals surface area contributed by atoms with Crippen molar-refractivity contribution in [3.8, 4) is 12.3 Å². The normalized spacial score (nSPS) is 10.0. The monoisotopic (exact) mass is 215 g/mol. The minimum Gasteiger partial charge on any atom is -0.396 e. The molecule has 0 aromatic rings. The number of thioether (sulfide) groups is 1. The van der Waals surface area contributed by atoms with Gasteiger partial charge in [0.25, 0.3) is 0 Å². The van der Waals surface area contributed by atoms with Gasteiger partial charge >= 0.3 is 0 Å². The second-order valence-corrected chi connectivity index (χ2v) is 4.25. The number of aliphatic hydroxyl groups is 1. The van der Waals surface area contributed by atoms with E-state index in [0.717, 1.165) is 37.4 Å². The summed E-state index contributed by atoms with van der Waals surface area (Å²) < 4.78 is 0. The van der Waals surface area contributed by atoms with Crippen LogP contribution in [0.1, 0.15) is 25.7 Å². The third-order valence-corrected chi connectivity index (χ3v) is 2.73. The van der Waals surface area contributed by atoms with Crippen LogP contribution in [-0.4, -0.2) is 36.3 Å². The molecule has 0 fully saturated rings. The Hall–Kier alpha value is -0.170. The molecule has 0 radical (unpaired) electrons. The fourth-order valence-electron chi connectivity index (χ4n) is 1.12. The molecular formula is C11H21NOS. The summed E-state index contributed by atoms with van der Waals surface area (Å²) in [5.74, 6) is 4.52. The van der Waals surface area contributed by atoms with E-state index in [-0.39, 0.29) is 0 Å². The van der Waals surface area contributed by atoms with Crippen LogP contribution in [-0.2, 0) is 0 Å². The molecule has 2 nitrogen and oxygen atoms in total. The van der Waals surface area contributed by atoms with E-state index >= 15 is 0 Å². The van der Waals surface area contributed by atoms with Crippen LogP contribution < -0.4 is 5.32 Å². The zero-order valence-electron chi connectivity index (χ0n) is 8.80. The molecule has 0 aromatic heterocycles. The summed E-state index contributed by atoms with van der Waals surface area (Å²) in [5, 5.41) is 11.9. The van der Waals surface area contributed by atoms with E-state index in [4.69, 9.17) is 11.5 Å². The summed E-state index contributed by atoms with van der Waals surface area (Å²) in [4.78, 5) is 0. The first-order valence-corrected chi connectivity index (χ1v) is 6.40. The quantitative estimate of drug-likeness (QED) is 0.428. The molecule has 0 amide bonds. The number of terminal acetylenes is 1. The van der Waals surface area contributed by atoms with Crippen molar-refractivity contribution in [2.24, 2.45) is 0 Å². The van der Waals surface area contributed by atoms with E-state index < -0.39 is 0 Å². The van der Waals surface area contributed by atoms with Crippen molar-refractivity contribution in [3.05, 3.63) is 0 Å². The zero-order valence-corrected chi connectivity index (χ0v) is 9.61. The Kier molecular flexibility index (Phi) is 12.7. The first-order chi connectivity index (χ1) is 6.91. The lowest BCUT2D eigenvalue weighted by Crippen LogP contribution is -2.18. The van der Waals surface area contributed by atoms with Crippen LogP contribution in [0.4, 0.5) is 0 Å². The molecule has 3 heteroatoms. The summed E-state index contributed by atoms with van der Waals surface area (Å²) in [6.07, 6.45) is 9.63. The summed E-state index contributed by atoms with van der Waals surface area (Å²) in [6.45, 7) is 2.46. The van der Waals surface area contributed by atoms with E-state index in [1.807, 2.05) is 0 Å². The van der Waals surface area contributed by atoms with Gasteiger partial charge in [-0.05, 0) is 19.4 Å². The van der Waals surface area contributed by atoms with Crippen LogP contribution in [0.2, 0.25) is 0 Å². The molecule has 0 saturated heterocycles. The van der Waals surface area contributed by atoms with Crippen LogP contribution in [0.5, 0.6) is 0 Å². The molecular weight excluding hydrogens is 194 g/mol. The highest BCUT2D eigenvalue weighted by molar-refractivity contribution is 7.99. The molecule has 2 N–H and O–H groups in total. The fourth-order valence-corrected chi connectivity index (χ4v) is 1.67. The Morgan fingerprint density at radius 2 is 1.93 bits per heavy atom. The minimum absolute atomic E-state index is 0.330. The predicted molar refractivity (Wildman–Crippen MR) is 64.6 cm³/mol. The fraction of sp³-hybridized carbons (Fsp3) is 0.818. The van der Waals surface area contributed by atoms with Gasteiger partial charge in [0.15, 0.2) is 0 Å². The maximum atomic E-state index is 8.55. The smallest absolute Gasteiger partial charge is 0.0545 e.